The maximum atomic E-state index is 11.1. The second kappa shape index (κ2) is 4.71. The first-order chi connectivity index (χ1) is 9.01. The number of hydrogen-bond acceptors (Lipinski definition) is 3. The van der Waals surface area contributed by atoms with E-state index < -0.39 is 5.60 Å². The van der Waals surface area contributed by atoms with Crippen molar-refractivity contribution in [2.45, 2.75) is 44.8 Å². The second-order valence-corrected chi connectivity index (χ2v) is 7.49. The molecule has 1 saturated carbocycles. The molecule has 2 nitrogen and oxygen atoms in total. The Balaban J connectivity index is 1.83. The molecular weight excluding hydrogens is 256 g/mol. The number of hydrogen-bond donors (Lipinski definition) is 1. The van der Waals surface area contributed by atoms with Crippen LogP contribution >= 0.6 is 11.8 Å². The maximum absolute atomic E-state index is 11.1. The fourth-order valence-corrected chi connectivity index (χ4v) is 4.26. The second-order valence-electron chi connectivity index (χ2n) is 6.39. The first-order valence-electron chi connectivity index (χ1n) is 7.09. The van der Waals surface area contributed by atoms with Gasteiger partial charge in [0.1, 0.15) is 11.4 Å². The van der Waals surface area contributed by atoms with Crippen LogP contribution in [0.2, 0.25) is 0 Å². The summed E-state index contributed by atoms with van der Waals surface area (Å²) >= 11 is 1.84. The fraction of sp³-hybridized carbons (Fsp3) is 0.625. The molecule has 0 aromatic heterocycles. The van der Waals surface area contributed by atoms with Crippen molar-refractivity contribution in [3.05, 3.63) is 29.8 Å². The predicted octanol–water partition coefficient (Wildman–Crippen LogP) is 3.58. The van der Waals surface area contributed by atoms with Gasteiger partial charge in [0.25, 0.3) is 0 Å². The van der Waals surface area contributed by atoms with Crippen LogP contribution in [0, 0.1) is 5.41 Å². The minimum absolute atomic E-state index is 0.0723. The molecular formula is C16H22O2S. The third-order valence-corrected chi connectivity index (χ3v) is 5.58. The molecule has 0 bridgehead atoms. The van der Waals surface area contributed by atoms with Crippen molar-refractivity contribution in [2.24, 2.45) is 5.41 Å². The molecule has 2 fully saturated rings. The largest absolute Gasteiger partial charge is 0.490 e. The van der Waals surface area contributed by atoms with Crippen molar-refractivity contribution in [3.8, 4) is 5.75 Å². The van der Waals surface area contributed by atoms with Crippen molar-refractivity contribution in [1.29, 1.82) is 0 Å². The molecule has 1 aromatic carbocycles. The molecule has 1 aliphatic heterocycles. The van der Waals surface area contributed by atoms with E-state index in [9.17, 15) is 5.11 Å². The SMILES string of the molecule is CC1(C)CCSCC1(O)c1ccc(OC2CC2)cc1. The van der Waals surface area contributed by atoms with Crippen LogP contribution in [0.25, 0.3) is 0 Å². The highest BCUT2D eigenvalue weighted by Crippen LogP contribution is 2.48. The lowest BCUT2D eigenvalue weighted by Gasteiger charge is -2.46. The number of rotatable bonds is 3. The highest BCUT2D eigenvalue weighted by atomic mass is 32.2. The Labute approximate surface area is 119 Å². The zero-order chi connectivity index (χ0) is 13.5. The van der Waals surface area contributed by atoms with Crippen LogP contribution in [0.3, 0.4) is 0 Å². The van der Waals surface area contributed by atoms with E-state index in [-0.39, 0.29) is 5.41 Å². The van der Waals surface area contributed by atoms with E-state index in [2.05, 4.69) is 13.8 Å². The molecule has 3 heteroatoms. The van der Waals surface area contributed by atoms with Gasteiger partial charge in [0.05, 0.1) is 6.10 Å². The van der Waals surface area contributed by atoms with Crippen molar-refractivity contribution >= 4 is 11.8 Å². The van der Waals surface area contributed by atoms with Crippen LogP contribution < -0.4 is 4.74 Å². The van der Waals surface area contributed by atoms with Gasteiger partial charge in [0.15, 0.2) is 0 Å². The van der Waals surface area contributed by atoms with Crippen molar-refractivity contribution in [1.82, 2.24) is 0 Å². The quantitative estimate of drug-likeness (QED) is 0.916. The van der Waals surface area contributed by atoms with E-state index in [0.717, 1.165) is 29.2 Å². The Morgan fingerprint density at radius 2 is 1.89 bits per heavy atom. The topological polar surface area (TPSA) is 29.5 Å². The van der Waals surface area contributed by atoms with Gasteiger partial charge in [-0.05, 0) is 48.1 Å². The van der Waals surface area contributed by atoms with Gasteiger partial charge in [-0.1, -0.05) is 26.0 Å². The molecule has 1 saturated heterocycles. The molecule has 19 heavy (non-hydrogen) atoms. The minimum Gasteiger partial charge on any atom is -0.490 e. The van der Waals surface area contributed by atoms with Crippen molar-refractivity contribution < 1.29 is 9.84 Å². The molecule has 0 spiro atoms. The Morgan fingerprint density at radius 3 is 2.47 bits per heavy atom. The Morgan fingerprint density at radius 1 is 1.21 bits per heavy atom. The standard InChI is InChI=1S/C16H22O2S/c1-15(2)9-10-19-11-16(15,17)12-3-5-13(6-4-12)18-14-7-8-14/h3-6,14,17H,7-11H2,1-2H3. The lowest BCUT2D eigenvalue weighted by molar-refractivity contribution is -0.0579. The molecule has 3 rings (SSSR count). The third-order valence-electron chi connectivity index (χ3n) is 4.46. The summed E-state index contributed by atoms with van der Waals surface area (Å²) in [6.45, 7) is 4.34. The summed E-state index contributed by atoms with van der Waals surface area (Å²) in [6.07, 6.45) is 3.83. The monoisotopic (exact) mass is 278 g/mol. The fourth-order valence-electron chi connectivity index (χ4n) is 2.61. The van der Waals surface area contributed by atoms with Gasteiger partial charge in [0.2, 0.25) is 0 Å². The van der Waals surface area contributed by atoms with Crippen LogP contribution in [-0.2, 0) is 5.60 Å². The Hall–Kier alpha value is -0.670. The van der Waals surface area contributed by atoms with Crippen molar-refractivity contribution in [3.63, 3.8) is 0 Å². The van der Waals surface area contributed by atoms with Gasteiger partial charge in [-0.15, -0.1) is 0 Å². The lowest BCUT2D eigenvalue weighted by atomic mass is 9.70. The van der Waals surface area contributed by atoms with E-state index in [1.165, 1.54) is 12.8 Å². The Kier molecular flexibility index (Phi) is 3.30. The molecule has 0 radical (unpaired) electrons. The third kappa shape index (κ3) is 2.50. The first-order valence-corrected chi connectivity index (χ1v) is 8.24. The summed E-state index contributed by atoms with van der Waals surface area (Å²) in [5, 5.41) is 11.1. The molecule has 1 unspecified atom stereocenters. The summed E-state index contributed by atoms with van der Waals surface area (Å²) < 4.78 is 5.77. The first kappa shape index (κ1) is 13.3. The van der Waals surface area contributed by atoms with Gasteiger partial charge in [-0.3, -0.25) is 0 Å². The van der Waals surface area contributed by atoms with E-state index >= 15 is 0 Å². The van der Waals surface area contributed by atoms with Gasteiger partial charge < -0.3 is 9.84 Å². The number of thioether (sulfide) groups is 1. The molecule has 1 aromatic rings. The number of ether oxygens (including phenoxy) is 1. The van der Waals surface area contributed by atoms with Gasteiger partial charge in [-0.2, -0.15) is 11.8 Å². The van der Waals surface area contributed by atoms with E-state index in [0.29, 0.717) is 6.10 Å². The van der Waals surface area contributed by atoms with Crippen LogP contribution in [0.4, 0.5) is 0 Å². The normalized spacial score (nSPS) is 30.1. The maximum Gasteiger partial charge on any atom is 0.119 e. The zero-order valence-electron chi connectivity index (χ0n) is 11.7. The summed E-state index contributed by atoms with van der Waals surface area (Å²) in [5.41, 5.74) is 0.221. The predicted molar refractivity (Wildman–Crippen MR) is 79.7 cm³/mol. The lowest BCUT2D eigenvalue weighted by Crippen LogP contribution is -2.47. The highest BCUT2D eigenvalue weighted by molar-refractivity contribution is 7.99. The van der Waals surface area contributed by atoms with E-state index in [1.807, 2.05) is 36.0 Å². The average Bonchev–Trinajstić information content (AvgIpc) is 3.18. The van der Waals surface area contributed by atoms with Gasteiger partial charge >= 0.3 is 0 Å². The molecule has 1 heterocycles. The Bertz CT molecular complexity index is 450. The summed E-state index contributed by atoms with van der Waals surface area (Å²) in [7, 11) is 0. The molecule has 1 aliphatic carbocycles. The zero-order valence-corrected chi connectivity index (χ0v) is 12.5. The van der Waals surface area contributed by atoms with Crippen LogP contribution in [0.15, 0.2) is 24.3 Å². The molecule has 1 N–H and O–H groups in total. The van der Waals surface area contributed by atoms with Crippen LogP contribution in [0.1, 0.15) is 38.7 Å². The van der Waals surface area contributed by atoms with Gasteiger partial charge in [0, 0.05) is 5.75 Å². The van der Waals surface area contributed by atoms with Crippen LogP contribution in [0.5, 0.6) is 5.75 Å². The van der Waals surface area contributed by atoms with E-state index in [4.69, 9.17) is 4.74 Å². The molecule has 104 valence electrons. The van der Waals surface area contributed by atoms with E-state index in [1.54, 1.807) is 0 Å². The van der Waals surface area contributed by atoms with Crippen molar-refractivity contribution in [2.75, 3.05) is 11.5 Å². The van der Waals surface area contributed by atoms with Crippen LogP contribution in [-0.4, -0.2) is 22.7 Å². The van der Waals surface area contributed by atoms with Gasteiger partial charge in [-0.25, -0.2) is 0 Å². The molecule has 2 aliphatic rings. The number of benzene rings is 1. The minimum atomic E-state index is -0.728. The summed E-state index contributed by atoms with van der Waals surface area (Å²) in [5.74, 6) is 2.84. The highest BCUT2D eigenvalue weighted by Gasteiger charge is 2.46. The molecule has 1 atom stereocenters. The average molecular weight is 278 g/mol. The molecule has 0 amide bonds. The summed E-state index contributed by atoms with van der Waals surface area (Å²) in [6, 6.07) is 8.07. The smallest absolute Gasteiger partial charge is 0.119 e. The summed E-state index contributed by atoms with van der Waals surface area (Å²) in [4.78, 5) is 0. The number of aliphatic hydroxyl groups is 1.